The van der Waals surface area contributed by atoms with Crippen LogP contribution >= 0.6 is 11.3 Å². The number of hydrogen-bond acceptors (Lipinski definition) is 16. The number of nitrogens with zero attached hydrogens (tertiary/aromatic N) is 9. The number of amides is 4. The van der Waals surface area contributed by atoms with Crippen molar-refractivity contribution in [2.75, 3.05) is 56.5 Å². The van der Waals surface area contributed by atoms with Gasteiger partial charge in [-0.1, -0.05) is 45.0 Å². The number of rotatable bonds is 24. The van der Waals surface area contributed by atoms with E-state index in [0.717, 1.165) is 52.2 Å². The molecule has 0 saturated carbocycles. The van der Waals surface area contributed by atoms with Gasteiger partial charge in [0.15, 0.2) is 23.0 Å². The number of nitrogen functional groups attached to an aromatic ring is 1. The van der Waals surface area contributed by atoms with Gasteiger partial charge in [-0.15, -0.1) is 11.3 Å². The highest BCUT2D eigenvalue weighted by atomic mass is 32.1. The minimum absolute atomic E-state index is 0.00945. The number of nitrogens with one attached hydrogen (secondary N) is 3. The van der Waals surface area contributed by atoms with E-state index in [1.165, 1.54) is 17.3 Å². The number of thiazole rings is 1. The van der Waals surface area contributed by atoms with Crippen LogP contribution in [0, 0.1) is 18.2 Å². The molecule has 5 atom stereocenters. The smallest absolute Gasteiger partial charge is 0.246 e. The second-order valence-corrected chi connectivity index (χ2v) is 25.2. The van der Waals surface area contributed by atoms with Crippen LogP contribution in [0.3, 0.4) is 0 Å². The minimum Gasteiger partial charge on any atom is -0.490 e. The molecule has 86 heavy (non-hydrogen) atoms. The molecule has 3 fully saturated rings. The lowest BCUT2D eigenvalue weighted by Crippen LogP contribution is -2.57. The molecule has 4 aromatic heterocycles. The molecular formula is C62H81F3N14O6S. The number of likely N-dealkylation sites (tertiary alicyclic amines) is 2. The zero-order chi connectivity index (χ0) is 61.3. The van der Waals surface area contributed by atoms with Gasteiger partial charge in [-0.3, -0.25) is 24.2 Å². The number of halogens is 3. The van der Waals surface area contributed by atoms with Gasteiger partial charge in [0.1, 0.15) is 23.9 Å². The van der Waals surface area contributed by atoms with Gasteiger partial charge in [0.2, 0.25) is 30.1 Å². The Morgan fingerprint density at radius 2 is 1.69 bits per heavy atom. The van der Waals surface area contributed by atoms with Crippen molar-refractivity contribution in [1.29, 1.82) is 0 Å². The summed E-state index contributed by atoms with van der Waals surface area (Å²) >= 11 is 1.57. The first-order valence-electron chi connectivity index (χ1n) is 29.9. The number of aliphatic hydroxyl groups excluding tert-OH is 1. The van der Waals surface area contributed by atoms with Crippen molar-refractivity contribution in [1.82, 2.24) is 55.2 Å². The lowest BCUT2D eigenvalue weighted by atomic mass is 9.85. The summed E-state index contributed by atoms with van der Waals surface area (Å²) in [5.41, 5.74) is 19.2. The summed E-state index contributed by atoms with van der Waals surface area (Å²) in [5, 5.41) is 20.3. The molecule has 8 N–H and O–H groups in total. The number of ether oxygens (including phenoxy) is 1. The molecule has 9 rings (SSSR count). The van der Waals surface area contributed by atoms with Gasteiger partial charge in [0, 0.05) is 75.6 Å². The highest BCUT2D eigenvalue weighted by Gasteiger charge is 2.45. The van der Waals surface area contributed by atoms with E-state index in [-0.39, 0.29) is 80.5 Å². The summed E-state index contributed by atoms with van der Waals surface area (Å²) in [7, 11) is 0. The summed E-state index contributed by atoms with van der Waals surface area (Å²) < 4.78 is 50.3. The number of imidazole rings is 1. The van der Waals surface area contributed by atoms with E-state index in [2.05, 4.69) is 35.9 Å². The number of carbonyl (C=O) groups excluding carboxylic acids is 4. The van der Waals surface area contributed by atoms with Crippen molar-refractivity contribution in [2.24, 2.45) is 11.1 Å². The monoisotopic (exact) mass is 1210 g/mol. The summed E-state index contributed by atoms with van der Waals surface area (Å²) in [6.07, 6.45) is 6.58. The van der Waals surface area contributed by atoms with Crippen LogP contribution in [-0.4, -0.2) is 150 Å². The van der Waals surface area contributed by atoms with Crippen molar-refractivity contribution in [2.45, 2.75) is 160 Å². The maximum absolute atomic E-state index is 15.2. The van der Waals surface area contributed by atoms with Gasteiger partial charge in [-0.25, -0.2) is 33.1 Å². The predicted molar refractivity (Wildman–Crippen MR) is 325 cm³/mol. The molecule has 3 saturated heterocycles. The number of benzene rings is 2. The average Bonchev–Trinajstić information content (AvgIpc) is 4.45. The first-order valence-corrected chi connectivity index (χ1v) is 30.8. The normalized spacial score (nSPS) is 19.3. The van der Waals surface area contributed by atoms with Crippen LogP contribution in [0.2, 0.25) is 0 Å². The van der Waals surface area contributed by atoms with E-state index in [9.17, 15) is 33.1 Å². The second kappa shape index (κ2) is 28.0. The lowest BCUT2D eigenvalue weighted by Gasteiger charge is -2.42. The maximum atomic E-state index is 15.2. The number of β-amino-alcohol motifs (C(OH)–C–C–N with tert-alkyl or cyclic N) is 1. The largest absolute Gasteiger partial charge is 0.490 e. The fourth-order valence-electron chi connectivity index (χ4n) is 11.9. The van der Waals surface area contributed by atoms with Gasteiger partial charge < -0.3 is 56.5 Å². The molecular weight excluding hydrogens is 1130 g/mol. The maximum Gasteiger partial charge on any atom is 0.246 e. The molecule has 0 aliphatic carbocycles. The van der Waals surface area contributed by atoms with Crippen LogP contribution in [0.1, 0.15) is 128 Å². The van der Waals surface area contributed by atoms with E-state index < -0.39 is 53.7 Å². The number of piperidine rings is 2. The van der Waals surface area contributed by atoms with Gasteiger partial charge in [0.25, 0.3) is 0 Å². The number of aromatic nitrogens is 6. The molecule has 0 spiro atoms. The van der Waals surface area contributed by atoms with E-state index >= 15 is 4.39 Å². The number of unbranched alkanes of at least 4 members (excludes halogenated alkanes) is 2. The van der Waals surface area contributed by atoms with Crippen LogP contribution in [0.5, 0.6) is 5.75 Å². The molecule has 2 aromatic carbocycles. The number of alkyl halides is 2. The van der Waals surface area contributed by atoms with E-state index in [1.54, 1.807) is 36.0 Å². The van der Waals surface area contributed by atoms with Crippen molar-refractivity contribution >= 4 is 57.6 Å². The molecule has 3 aliphatic rings. The molecule has 4 amide bonds. The third-order valence-corrected chi connectivity index (χ3v) is 17.7. The summed E-state index contributed by atoms with van der Waals surface area (Å²) in [6.45, 7) is 12.7. The van der Waals surface area contributed by atoms with Crippen molar-refractivity contribution in [3.05, 3.63) is 95.5 Å². The number of hydrogen-bond donors (Lipinski definition) is 6. The Morgan fingerprint density at radius 1 is 0.930 bits per heavy atom. The average molecular weight is 1210 g/mol. The first-order chi connectivity index (χ1) is 41.1. The predicted octanol–water partition coefficient (Wildman–Crippen LogP) is 7.71. The van der Waals surface area contributed by atoms with Gasteiger partial charge >= 0.3 is 0 Å². The summed E-state index contributed by atoms with van der Waals surface area (Å²) in [4.78, 5) is 82.9. The van der Waals surface area contributed by atoms with Crippen LogP contribution in [0.25, 0.3) is 32.9 Å². The zero-order valence-electron chi connectivity index (χ0n) is 49.7. The SMILES string of the molecule is Cc1ncsc1-c1ccc([C@@H](C)NC(=O)[C@H]2C[C@H](O)CN2C(=O)[C@H](NC(=O)CCCCNC2CCN(C(=O)CCCCOc3cc(-c4cc(Cn5cnc6c(N)ncnc65)c(N5CCCC(N)(CC(F)F)C5)cn4)ccc3F)CC2)C(C)(C)C)cc1. The molecule has 1 unspecified atom stereocenters. The number of nitrogens with two attached hydrogens (primary N) is 2. The molecule has 462 valence electrons. The van der Waals surface area contributed by atoms with E-state index in [0.29, 0.717) is 87.1 Å². The standard InChI is InChI=1S/C62H81F3N14O6S/c1-38(40-13-15-41(16-14-40)55-39(2)73-37-86-55)74-59(83)48-29-45(80)33-79(48)60(84)56(61(3,4)5)75-52(81)11-6-8-22-68-44-19-24-76(25-20-44)53(82)12-7-9-26-85-50-28-42(17-18-46(50)63)47-27-43(32-78-36-72-54-57(66)70-35-71-58(54)78)49(31-69-47)77-23-10-21-62(67,34-77)30-51(64)65/h13-18,27-28,31,35-38,44-45,48,51,56,68,80H,6-12,19-26,29-30,32-34,67H2,1-5H3,(H,74,83)(H,75,81)(H2,66,70,71)/t38-,45+,48-,56+,62?/m1/s1. The molecule has 0 radical (unpaired) electrons. The van der Waals surface area contributed by atoms with Gasteiger partial charge in [-0.05, 0) is 118 Å². The fraction of sp³-hybridized carbons (Fsp3) is 0.532. The van der Waals surface area contributed by atoms with Gasteiger partial charge in [-0.2, -0.15) is 0 Å². The van der Waals surface area contributed by atoms with Crippen molar-refractivity contribution in [3.63, 3.8) is 0 Å². The number of carbonyl (C=O) groups is 4. The Balaban J connectivity index is 0.686. The highest BCUT2D eigenvalue weighted by molar-refractivity contribution is 7.13. The Bertz CT molecular complexity index is 3320. The number of anilines is 2. The van der Waals surface area contributed by atoms with E-state index in [1.807, 2.05) is 84.8 Å². The topological polar surface area (TPSA) is 265 Å². The Morgan fingerprint density at radius 3 is 2.42 bits per heavy atom. The van der Waals surface area contributed by atoms with Crippen LogP contribution < -0.4 is 37.1 Å². The van der Waals surface area contributed by atoms with Crippen LogP contribution in [0.15, 0.2) is 72.9 Å². The van der Waals surface area contributed by atoms with Gasteiger partial charge in [0.05, 0.1) is 65.3 Å². The molecule has 20 nitrogen and oxygen atoms in total. The quantitative estimate of drug-likeness (QED) is 0.0317. The number of pyridine rings is 1. The lowest BCUT2D eigenvalue weighted by molar-refractivity contribution is -0.144. The number of fused-ring (bicyclic) bond motifs is 1. The van der Waals surface area contributed by atoms with Crippen molar-refractivity contribution < 1.29 is 42.2 Å². The summed E-state index contributed by atoms with van der Waals surface area (Å²) in [5.74, 6) is -1.22. The highest BCUT2D eigenvalue weighted by Crippen LogP contribution is 2.35. The fourth-order valence-corrected chi connectivity index (χ4v) is 12.7. The number of aliphatic hydroxyl groups is 1. The van der Waals surface area contributed by atoms with Crippen LogP contribution in [0.4, 0.5) is 24.7 Å². The zero-order valence-corrected chi connectivity index (χ0v) is 50.6. The Hall–Kier alpha value is -7.28. The Kier molecular flexibility index (Phi) is 20.6. The first kappa shape index (κ1) is 63.2. The van der Waals surface area contributed by atoms with Crippen LogP contribution in [-0.2, 0) is 25.7 Å². The molecule has 24 heteroatoms. The molecule has 7 heterocycles. The second-order valence-electron chi connectivity index (χ2n) is 24.4. The molecule has 6 aromatic rings. The minimum atomic E-state index is -2.54. The van der Waals surface area contributed by atoms with E-state index in [4.69, 9.17) is 21.2 Å². The van der Waals surface area contributed by atoms with Crippen molar-refractivity contribution in [3.8, 4) is 27.4 Å². The third kappa shape index (κ3) is 15.8. The molecule has 3 aliphatic heterocycles. The Labute approximate surface area is 504 Å². The number of aryl methyl sites for hydroxylation is 1. The molecule has 0 bridgehead atoms. The summed E-state index contributed by atoms with van der Waals surface area (Å²) in [6, 6.07) is 12.4. The third-order valence-electron chi connectivity index (χ3n) is 16.7.